The van der Waals surface area contributed by atoms with Crippen LogP contribution in [0.5, 0.6) is 0 Å². The first-order chi connectivity index (χ1) is 31.0. The van der Waals surface area contributed by atoms with E-state index < -0.39 is 184 Å². The van der Waals surface area contributed by atoms with E-state index in [9.17, 15) is 70.2 Å². The quantitative estimate of drug-likeness (QED) is 0.0642. The summed E-state index contributed by atoms with van der Waals surface area (Å²) in [5.74, 6) is -4.38. The molecule has 380 valence electrons. The van der Waals surface area contributed by atoms with E-state index in [-0.39, 0.29) is 6.61 Å². The summed E-state index contributed by atoms with van der Waals surface area (Å²) in [7, 11) is 0. The van der Waals surface area contributed by atoms with Crippen LogP contribution in [-0.4, -0.2) is 242 Å². The zero-order valence-electron chi connectivity index (χ0n) is 37.1. The predicted molar refractivity (Wildman–Crippen MR) is 208 cm³/mol. The van der Waals surface area contributed by atoms with Gasteiger partial charge in [-0.15, -0.1) is 0 Å². The zero-order chi connectivity index (χ0) is 49.1. The molecule has 0 aromatic heterocycles. The first-order valence-electron chi connectivity index (χ1n) is 21.4. The van der Waals surface area contributed by atoms with Gasteiger partial charge in [0.25, 0.3) is 0 Å². The van der Waals surface area contributed by atoms with Crippen molar-refractivity contribution < 1.29 is 127 Å². The van der Waals surface area contributed by atoms with E-state index in [1.807, 2.05) is 0 Å². The minimum atomic E-state index is -2.30. The highest BCUT2D eigenvalue weighted by Crippen LogP contribution is 2.37. The van der Waals surface area contributed by atoms with Gasteiger partial charge in [-0.1, -0.05) is 6.92 Å². The van der Waals surface area contributed by atoms with Crippen molar-refractivity contribution in [2.75, 3.05) is 13.2 Å². The SMILES string of the molecule is CCCO[C@@H]1OC(C)[C@H](O)C(OC(C)=O)[C@@H]1O[C@@H]1OC(CO)[C@H](O)C(O[C@@H]2OC(C(=O)O)[C@H](O[C@@H]3O[C@@H](C)[C@H](O)C(O)C3O[C@@H]3O[C@@H](C)[C@H](O)C(O)C3OC(C)=O)C(O)[C@@H]2O)[C@@H]1NC(C)=O. The molecule has 0 aromatic carbocycles. The summed E-state index contributed by atoms with van der Waals surface area (Å²) in [6, 6.07) is -1.66. The Morgan fingerprint density at radius 1 is 0.515 bits per heavy atom. The fourth-order valence-corrected chi connectivity index (χ4v) is 8.16. The number of nitrogens with one attached hydrogen (secondary N) is 1. The number of ether oxygens (including phenoxy) is 12. The molecule has 10 unspecified atom stereocenters. The summed E-state index contributed by atoms with van der Waals surface area (Å²) in [6.07, 6.45) is -41.4. The summed E-state index contributed by atoms with van der Waals surface area (Å²) in [5.41, 5.74) is 0. The average molecular weight is 962 g/mol. The van der Waals surface area contributed by atoms with Crippen molar-refractivity contribution in [3.05, 3.63) is 0 Å². The van der Waals surface area contributed by atoms with Gasteiger partial charge in [0.05, 0.1) is 24.9 Å². The number of aliphatic carboxylic acids is 1. The molecule has 1 amide bonds. The van der Waals surface area contributed by atoms with Crippen LogP contribution in [0.4, 0.5) is 0 Å². The molecule has 0 aliphatic carbocycles. The van der Waals surface area contributed by atoms with Gasteiger partial charge >= 0.3 is 17.9 Å². The Hall–Kier alpha value is -2.88. The summed E-state index contributed by atoms with van der Waals surface area (Å²) < 4.78 is 68.9. The van der Waals surface area contributed by atoms with Crippen molar-refractivity contribution in [3.63, 3.8) is 0 Å². The molecule has 5 heterocycles. The Bertz CT molecular complexity index is 1630. The molecule has 5 aliphatic heterocycles. The van der Waals surface area contributed by atoms with Crippen LogP contribution in [-0.2, 0) is 76.0 Å². The van der Waals surface area contributed by atoms with Crippen LogP contribution in [0.1, 0.15) is 54.9 Å². The smallest absolute Gasteiger partial charge is 0.335 e. The van der Waals surface area contributed by atoms with Gasteiger partial charge in [-0.2, -0.15) is 0 Å². The van der Waals surface area contributed by atoms with Crippen LogP contribution in [0, 0.1) is 0 Å². The molecule has 25 atom stereocenters. The van der Waals surface area contributed by atoms with Gasteiger partial charge in [0.2, 0.25) is 5.91 Å². The van der Waals surface area contributed by atoms with E-state index >= 15 is 0 Å². The second-order valence-electron chi connectivity index (χ2n) is 16.7. The highest BCUT2D eigenvalue weighted by molar-refractivity contribution is 5.74. The highest BCUT2D eigenvalue weighted by Gasteiger charge is 2.58. The first kappa shape index (κ1) is 54.1. The van der Waals surface area contributed by atoms with Gasteiger partial charge in [-0.3, -0.25) is 14.4 Å². The molecule has 27 nitrogen and oxygen atoms in total. The second kappa shape index (κ2) is 23.2. The fourth-order valence-electron chi connectivity index (χ4n) is 8.16. The number of hydrogen-bond acceptors (Lipinski definition) is 25. The van der Waals surface area contributed by atoms with Crippen LogP contribution in [0.3, 0.4) is 0 Å². The van der Waals surface area contributed by atoms with E-state index in [0.717, 1.165) is 20.8 Å². The van der Waals surface area contributed by atoms with Crippen LogP contribution >= 0.6 is 0 Å². The number of carboxylic acids is 1. The number of esters is 2. The largest absolute Gasteiger partial charge is 0.479 e. The van der Waals surface area contributed by atoms with Crippen molar-refractivity contribution >= 4 is 23.8 Å². The number of amides is 1. The van der Waals surface area contributed by atoms with Gasteiger partial charge in [-0.25, -0.2) is 4.79 Å². The van der Waals surface area contributed by atoms with E-state index in [1.54, 1.807) is 6.92 Å². The minimum absolute atomic E-state index is 0.0984. The molecule has 0 spiro atoms. The molecule has 66 heavy (non-hydrogen) atoms. The van der Waals surface area contributed by atoms with Crippen molar-refractivity contribution in [3.8, 4) is 0 Å². The maximum Gasteiger partial charge on any atom is 0.335 e. The standard InChI is InChI=1S/C39H63NO26/c1-8-9-55-37-33(28(59-15(6)43)21(47)13(4)56-37)66-35-18(40-14(5)42)27(22(48)17(10-41)61-35)62-36-26(52)25(51)29(32(65-36)34(53)54)63-39-31(24(50)20(46)12(3)58-39)64-38-30(60-16(7)44)23(49)19(45)11(2)57-38/h11-13,17-33,35-39,41,45-52H,8-10H2,1-7H3,(H,40,42)(H,53,54)/t11-,12-,13?,17?,18-,19-,20-,21-,22-,23?,24?,25?,26-,27?,28?,29+,30?,31?,32?,33-,35-,36+,37+,38-,39-/m0/s1. The van der Waals surface area contributed by atoms with Gasteiger partial charge < -0.3 is 113 Å². The molecule has 0 saturated carbocycles. The Morgan fingerprint density at radius 2 is 1.00 bits per heavy atom. The van der Waals surface area contributed by atoms with Crippen molar-refractivity contribution in [2.24, 2.45) is 0 Å². The molecule has 5 fully saturated rings. The summed E-state index contributed by atoms with van der Waals surface area (Å²) >= 11 is 0. The van der Waals surface area contributed by atoms with E-state index in [4.69, 9.17) is 56.8 Å². The lowest BCUT2D eigenvalue weighted by Crippen LogP contribution is -2.70. The second-order valence-corrected chi connectivity index (χ2v) is 16.7. The lowest BCUT2D eigenvalue weighted by molar-refractivity contribution is -0.389. The number of carboxylic acid groups (broad SMARTS) is 1. The Kier molecular flexibility index (Phi) is 19.0. The van der Waals surface area contributed by atoms with E-state index in [2.05, 4.69) is 5.32 Å². The number of aliphatic hydroxyl groups excluding tert-OH is 9. The normalized spacial score (nSPS) is 46.5. The molecule has 0 aromatic rings. The topological polar surface area (TPSA) is 393 Å². The number of rotatable bonds is 16. The van der Waals surface area contributed by atoms with E-state index in [1.165, 1.54) is 20.8 Å². The molecular weight excluding hydrogens is 898 g/mol. The number of aliphatic hydroxyl groups is 9. The van der Waals surface area contributed by atoms with Gasteiger partial charge in [0.15, 0.2) is 55.9 Å². The Balaban J connectivity index is 1.42. The van der Waals surface area contributed by atoms with Crippen LogP contribution < -0.4 is 5.32 Å². The molecule has 5 saturated heterocycles. The lowest BCUT2D eigenvalue weighted by Gasteiger charge is -2.50. The third kappa shape index (κ3) is 12.1. The minimum Gasteiger partial charge on any atom is -0.479 e. The fraction of sp³-hybridized carbons (Fsp3) is 0.897. The Morgan fingerprint density at radius 3 is 1.55 bits per heavy atom. The van der Waals surface area contributed by atoms with Gasteiger partial charge in [0, 0.05) is 27.4 Å². The molecule has 27 heteroatoms. The van der Waals surface area contributed by atoms with Crippen molar-refractivity contribution in [1.82, 2.24) is 5.32 Å². The van der Waals surface area contributed by atoms with Crippen LogP contribution in [0.15, 0.2) is 0 Å². The number of carbonyl (C=O) groups is 4. The summed E-state index contributed by atoms with van der Waals surface area (Å²) in [6.45, 7) is 8.20. The predicted octanol–water partition coefficient (Wildman–Crippen LogP) is -6.03. The monoisotopic (exact) mass is 961 g/mol. The van der Waals surface area contributed by atoms with Crippen LogP contribution in [0.2, 0.25) is 0 Å². The summed E-state index contributed by atoms with van der Waals surface area (Å²) in [4.78, 5) is 49.7. The highest BCUT2D eigenvalue weighted by atomic mass is 16.8. The molecular formula is C39H63NO26. The van der Waals surface area contributed by atoms with Gasteiger partial charge in [0.1, 0.15) is 79.3 Å². The third-order valence-electron chi connectivity index (χ3n) is 11.6. The maximum atomic E-state index is 12.8. The molecule has 0 bridgehead atoms. The molecule has 0 radical (unpaired) electrons. The maximum absolute atomic E-state index is 12.8. The van der Waals surface area contributed by atoms with Crippen molar-refractivity contribution in [1.29, 1.82) is 0 Å². The van der Waals surface area contributed by atoms with Gasteiger partial charge in [-0.05, 0) is 27.2 Å². The first-order valence-corrected chi connectivity index (χ1v) is 21.4. The molecule has 5 rings (SSSR count). The lowest BCUT2D eigenvalue weighted by atomic mass is 9.94. The molecule has 11 N–H and O–H groups in total. The van der Waals surface area contributed by atoms with Crippen molar-refractivity contribution in [2.45, 2.75) is 208 Å². The summed E-state index contributed by atoms with van der Waals surface area (Å²) in [5, 5.41) is 112. The van der Waals surface area contributed by atoms with Crippen LogP contribution in [0.25, 0.3) is 0 Å². The number of carbonyl (C=O) groups excluding carboxylic acids is 3. The third-order valence-corrected chi connectivity index (χ3v) is 11.6. The van der Waals surface area contributed by atoms with E-state index in [0.29, 0.717) is 6.42 Å². The zero-order valence-corrected chi connectivity index (χ0v) is 37.1. The average Bonchev–Trinajstić information content (AvgIpc) is 3.24. The Labute approximate surface area is 377 Å². The molecule has 5 aliphatic rings. The number of hydrogen-bond donors (Lipinski definition) is 11.